The van der Waals surface area contributed by atoms with E-state index in [0.717, 1.165) is 5.56 Å². The summed E-state index contributed by atoms with van der Waals surface area (Å²) in [5.74, 6) is -0.467. The Kier molecular flexibility index (Phi) is 5.93. The largest absolute Gasteiger partial charge is 0.322 e. The number of anilines is 2. The zero-order chi connectivity index (χ0) is 20.3. The minimum Gasteiger partial charge on any atom is -0.322 e. The van der Waals surface area contributed by atoms with Gasteiger partial charge in [0, 0.05) is 22.0 Å². The molecule has 0 saturated carbocycles. The predicted octanol–water partition coefficient (Wildman–Crippen LogP) is 5.35. The minimum atomic E-state index is -3.97. The second-order valence-electron chi connectivity index (χ2n) is 6.08. The van der Waals surface area contributed by atoms with Crippen molar-refractivity contribution in [2.75, 3.05) is 10.0 Å². The molecule has 144 valence electrons. The summed E-state index contributed by atoms with van der Waals surface area (Å²) in [5.41, 5.74) is 2.09. The molecule has 2 N–H and O–H groups in total. The van der Waals surface area contributed by atoms with E-state index in [2.05, 4.69) is 10.0 Å². The Morgan fingerprint density at radius 3 is 2.11 bits per heavy atom. The molecule has 1 amide bonds. The van der Waals surface area contributed by atoms with E-state index in [1.54, 1.807) is 48.5 Å². The van der Waals surface area contributed by atoms with Crippen LogP contribution in [0.1, 0.15) is 15.9 Å². The quantitative estimate of drug-likeness (QED) is 0.567. The first-order chi connectivity index (χ1) is 13.2. The normalized spacial score (nSPS) is 11.1. The molecule has 8 heteroatoms. The van der Waals surface area contributed by atoms with Crippen molar-refractivity contribution in [1.29, 1.82) is 0 Å². The van der Waals surface area contributed by atoms with Gasteiger partial charge in [-0.3, -0.25) is 9.52 Å². The molecule has 3 aromatic rings. The Morgan fingerprint density at radius 1 is 0.857 bits per heavy atom. The molecule has 0 atom stereocenters. The monoisotopic (exact) mass is 434 g/mol. The highest BCUT2D eigenvalue weighted by Gasteiger charge is 2.20. The summed E-state index contributed by atoms with van der Waals surface area (Å²) in [6.45, 7) is 1.90. The van der Waals surface area contributed by atoms with Crippen molar-refractivity contribution in [2.24, 2.45) is 0 Å². The zero-order valence-corrected chi connectivity index (χ0v) is 17.1. The number of hydrogen-bond donors (Lipinski definition) is 2. The van der Waals surface area contributed by atoms with E-state index in [0.29, 0.717) is 16.4 Å². The van der Waals surface area contributed by atoms with Gasteiger partial charge in [0.1, 0.15) is 4.90 Å². The highest BCUT2D eigenvalue weighted by Crippen LogP contribution is 2.26. The average Bonchev–Trinajstić information content (AvgIpc) is 2.65. The molecule has 0 aliphatic heterocycles. The predicted molar refractivity (Wildman–Crippen MR) is 113 cm³/mol. The van der Waals surface area contributed by atoms with Crippen LogP contribution in [0.3, 0.4) is 0 Å². The highest BCUT2D eigenvalue weighted by atomic mass is 35.5. The first-order valence-corrected chi connectivity index (χ1v) is 10.4. The van der Waals surface area contributed by atoms with Gasteiger partial charge in [-0.1, -0.05) is 40.9 Å². The maximum absolute atomic E-state index is 12.7. The molecule has 3 rings (SSSR count). The van der Waals surface area contributed by atoms with E-state index in [-0.39, 0.29) is 15.5 Å². The molecular formula is C20H16Cl2N2O3S. The maximum Gasteiger partial charge on any atom is 0.263 e. The smallest absolute Gasteiger partial charge is 0.263 e. The Labute approximate surface area is 173 Å². The number of halogens is 2. The van der Waals surface area contributed by atoms with Crippen molar-refractivity contribution in [3.05, 3.63) is 87.9 Å². The fourth-order valence-electron chi connectivity index (χ4n) is 2.42. The van der Waals surface area contributed by atoms with Gasteiger partial charge in [-0.25, -0.2) is 8.42 Å². The molecule has 5 nitrogen and oxygen atoms in total. The minimum absolute atomic E-state index is 0.0163. The maximum atomic E-state index is 12.7. The van der Waals surface area contributed by atoms with E-state index in [1.807, 2.05) is 6.92 Å². The number of aryl methyl sites for hydroxylation is 1. The van der Waals surface area contributed by atoms with Gasteiger partial charge in [-0.15, -0.1) is 0 Å². The number of carbonyl (C=O) groups excluding carboxylic acids is 1. The van der Waals surface area contributed by atoms with E-state index in [1.165, 1.54) is 18.2 Å². The van der Waals surface area contributed by atoms with Gasteiger partial charge < -0.3 is 5.32 Å². The van der Waals surface area contributed by atoms with Crippen LogP contribution in [0, 0.1) is 6.92 Å². The van der Waals surface area contributed by atoms with Gasteiger partial charge in [-0.05, 0) is 61.5 Å². The van der Waals surface area contributed by atoms with Crippen molar-refractivity contribution in [3.8, 4) is 0 Å². The van der Waals surface area contributed by atoms with Crippen LogP contribution in [0.5, 0.6) is 0 Å². The number of sulfonamides is 1. The van der Waals surface area contributed by atoms with Crippen LogP contribution in [-0.2, 0) is 10.0 Å². The van der Waals surface area contributed by atoms with Crippen molar-refractivity contribution < 1.29 is 13.2 Å². The summed E-state index contributed by atoms with van der Waals surface area (Å²) in [4.78, 5) is 12.3. The lowest BCUT2D eigenvalue weighted by atomic mass is 10.2. The van der Waals surface area contributed by atoms with Crippen molar-refractivity contribution in [3.63, 3.8) is 0 Å². The van der Waals surface area contributed by atoms with E-state index >= 15 is 0 Å². The number of hydrogen-bond acceptors (Lipinski definition) is 3. The fraction of sp³-hybridized carbons (Fsp3) is 0.0500. The molecule has 3 aromatic carbocycles. The van der Waals surface area contributed by atoms with Gasteiger partial charge in [0.2, 0.25) is 0 Å². The number of nitrogens with one attached hydrogen (secondary N) is 2. The van der Waals surface area contributed by atoms with Crippen LogP contribution >= 0.6 is 23.2 Å². The second kappa shape index (κ2) is 8.22. The topological polar surface area (TPSA) is 75.3 Å². The third-order valence-corrected chi connectivity index (χ3v) is 6.00. The average molecular weight is 435 g/mol. The molecule has 0 fully saturated rings. The van der Waals surface area contributed by atoms with Crippen molar-refractivity contribution in [2.45, 2.75) is 11.8 Å². The van der Waals surface area contributed by atoms with Gasteiger partial charge in [-0.2, -0.15) is 0 Å². The Morgan fingerprint density at radius 2 is 1.46 bits per heavy atom. The van der Waals surface area contributed by atoms with Crippen LogP contribution in [0.2, 0.25) is 10.0 Å². The molecule has 0 unspecified atom stereocenters. The summed E-state index contributed by atoms with van der Waals surface area (Å²) in [6.07, 6.45) is 0. The van der Waals surface area contributed by atoms with Crippen LogP contribution in [0.4, 0.5) is 11.4 Å². The van der Waals surface area contributed by atoms with Crippen molar-refractivity contribution in [1.82, 2.24) is 0 Å². The molecule has 0 saturated heterocycles. The standard InChI is InChI=1S/C20H16Cl2N2O3S/c1-13-2-7-17(8-3-13)24-28(26,27)19-12-14(4-11-18(19)22)20(25)23-16-9-5-15(21)6-10-16/h2-12,24H,1H3,(H,23,25). The molecule has 0 radical (unpaired) electrons. The zero-order valence-electron chi connectivity index (χ0n) is 14.7. The third-order valence-electron chi connectivity index (χ3n) is 3.89. The van der Waals surface area contributed by atoms with Crippen LogP contribution < -0.4 is 10.0 Å². The lowest BCUT2D eigenvalue weighted by Gasteiger charge is -2.12. The first-order valence-electron chi connectivity index (χ1n) is 8.20. The van der Waals surface area contributed by atoms with Gasteiger partial charge in [0.05, 0.1) is 5.02 Å². The lowest BCUT2D eigenvalue weighted by molar-refractivity contribution is 0.102. The number of carbonyl (C=O) groups is 1. The Hall–Kier alpha value is -2.54. The molecule has 0 spiro atoms. The molecule has 28 heavy (non-hydrogen) atoms. The Balaban J connectivity index is 1.86. The number of benzene rings is 3. The second-order valence-corrected chi connectivity index (χ2v) is 8.57. The van der Waals surface area contributed by atoms with E-state index in [4.69, 9.17) is 23.2 Å². The van der Waals surface area contributed by atoms with Crippen LogP contribution in [0.15, 0.2) is 71.6 Å². The molecule has 0 aliphatic rings. The summed E-state index contributed by atoms with van der Waals surface area (Å²) < 4.78 is 27.9. The van der Waals surface area contributed by atoms with Crippen LogP contribution in [0.25, 0.3) is 0 Å². The lowest BCUT2D eigenvalue weighted by Crippen LogP contribution is -2.16. The summed E-state index contributed by atoms with van der Waals surface area (Å²) in [7, 11) is -3.97. The third kappa shape index (κ3) is 4.84. The molecule has 0 heterocycles. The molecule has 0 bridgehead atoms. The van der Waals surface area contributed by atoms with E-state index < -0.39 is 15.9 Å². The first kappa shape index (κ1) is 20.2. The van der Waals surface area contributed by atoms with Crippen LogP contribution in [-0.4, -0.2) is 14.3 Å². The van der Waals surface area contributed by atoms with Gasteiger partial charge >= 0.3 is 0 Å². The van der Waals surface area contributed by atoms with Gasteiger partial charge in [0.15, 0.2) is 0 Å². The summed E-state index contributed by atoms with van der Waals surface area (Å²) >= 11 is 11.9. The molecule has 0 aromatic heterocycles. The summed E-state index contributed by atoms with van der Waals surface area (Å²) in [5, 5.41) is 3.24. The fourth-order valence-corrected chi connectivity index (χ4v) is 4.13. The Bertz CT molecular complexity index is 1110. The molecular weight excluding hydrogens is 419 g/mol. The number of rotatable bonds is 5. The highest BCUT2D eigenvalue weighted by molar-refractivity contribution is 7.92. The van der Waals surface area contributed by atoms with E-state index in [9.17, 15) is 13.2 Å². The van der Waals surface area contributed by atoms with Crippen molar-refractivity contribution >= 4 is 50.5 Å². The molecule has 0 aliphatic carbocycles. The summed E-state index contributed by atoms with van der Waals surface area (Å²) in [6, 6.07) is 17.5. The van der Waals surface area contributed by atoms with Gasteiger partial charge in [0.25, 0.3) is 15.9 Å². The SMILES string of the molecule is Cc1ccc(NS(=O)(=O)c2cc(C(=O)Nc3ccc(Cl)cc3)ccc2Cl)cc1. The number of amides is 1.